The van der Waals surface area contributed by atoms with Gasteiger partial charge in [0, 0.05) is 19.3 Å². The third-order valence-corrected chi connectivity index (χ3v) is 1.84. The molecule has 1 rings (SSSR count). The molecule has 0 amide bonds. The van der Waals surface area contributed by atoms with Gasteiger partial charge in [-0.1, -0.05) is 12.1 Å². The number of hydrogen-bond acceptors (Lipinski definition) is 2. The van der Waals surface area contributed by atoms with Crippen molar-refractivity contribution in [3.63, 3.8) is 0 Å². The van der Waals surface area contributed by atoms with E-state index in [2.05, 4.69) is 10.3 Å². The first-order chi connectivity index (χ1) is 7.26. The lowest BCUT2D eigenvalue weighted by Gasteiger charge is -2.07. The Bertz CT molecular complexity index is 336. The summed E-state index contributed by atoms with van der Waals surface area (Å²) in [4.78, 5) is 4.05. The molecule has 0 aliphatic carbocycles. The van der Waals surface area contributed by atoms with E-state index in [0.717, 1.165) is 11.3 Å². The van der Waals surface area contributed by atoms with Gasteiger partial charge in [-0.15, -0.1) is 0 Å². The van der Waals surface area contributed by atoms with Gasteiger partial charge in [-0.25, -0.2) is 0 Å². The van der Waals surface area contributed by atoms with Gasteiger partial charge in [0.1, 0.15) is 0 Å². The standard InChI is InChI=1S/C11H17N3O/c1-3-13-11(12)14-10-6-4-5-9(7-10)8-15-2/h4-7H,3,8H2,1-2H3,(H3,12,13,14). The van der Waals surface area contributed by atoms with E-state index < -0.39 is 0 Å². The zero-order chi connectivity index (χ0) is 11.1. The molecule has 0 saturated heterocycles. The molecule has 0 fully saturated rings. The monoisotopic (exact) mass is 207 g/mol. The molecule has 0 saturated carbocycles. The van der Waals surface area contributed by atoms with Crippen molar-refractivity contribution in [2.75, 3.05) is 19.0 Å². The normalized spacial score (nSPS) is 11.5. The fraction of sp³-hybridized carbons (Fsp3) is 0.364. The van der Waals surface area contributed by atoms with E-state index in [1.165, 1.54) is 0 Å². The third kappa shape index (κ3) is 3.99. The summed E-state index contributed by atoms with van der Waals surface area (Å²) in [7, 11) is 1.67. The largest absolute Gasteiger partial charge is 0.380 e. The average molecular weight is 207 g/mol. The van der Waals surface area contributed by atoms with Gasteiger partial charge in [-0.2, -0.15) is 0 Å². The summed E-state index contributed by atoms with van der Waals surface area (Å²) in [6, 6.07) is 7.89. The Hall–Kier alpha value is -1.55. The Morgan fingerprint density at radius 3 is 3.00 bits per heavy atom. The number of aliphatic imine (C=N–C) groups is 1. The lowest BCUT2D eigenvalue weighted by molar-refractivity contribution is 0.185. The van der Waals surface area contributed by atoms with Crippen molar-refractivity contribution in [2.24, 2.45) is 10.7 Å². The fourth-order valence-electron chi connectivity index (χ4n) is 1.26. The average Bonchev–Trinajstić information content (AvgIpc) is 2.19. The molecule has 0 atom stereocenters. The van der Waals surface area contributed by atoms with E-state index >= 15 is 0 Å². The second-order valence-electron chi connectivity index (χ2n) is 3.12. The van der Waals surface area contributed by atoms with E-state index in [4.69, 9.17) is 10.5 Å². The topological polar surface area (TPSA) is 59.6 Å². The minimum absolute atomic E-state index is 0.437. The molecule has 0 aromatic heterocycles. The molecule has 4 nitrogen and oxygen atoms in total. The number of nitrogens with two attached hydrogens (primary N) is 1. The second-order valence-corrected chi connectivity index (χ2v) is 3.12. The first kappa shape index (κ1) is 11.5. The number of rotatable bonds is 4. The molecular formula is C11H17N3O. The summed E-state index contributed by atoms with van der Waals surface area (Å²) in [5.74, 6) is 0.437. The minimum Gasteiger partial charge on any atom is -0.380 e. The van der Waals surface area contributed by atoms with Crippen molar-refractivity contribution in [2.45, 2.75) is 13.5 Å². The summed E-state index contributed by atoms with van der Waals surface area (Å²) in [5.41, 5.74) is 7.68. The highest BCUT2D eigenvalue weighted by atomic mass is 16.5. The van der Waals surface area contributed by atoms with Gasteiger partial charge in [-0.05, 0) is 24.6 Å². The molecular weight excluding hydrogens is 190 g/mol. The van der Waals surface area contributed by atoms with Crippen molar-refractivity contribution in [3.8, 4) is 0 Å². The van der Waals surface area contributed by atoms with Crippen LogP contribution in [0.2, 0.25) is 0 Å². The van der Waals surface area contributed by atoms with E-state index in [0.29, 0.717) is 19.1 Å². The van der Waals surface area contributed by atoms with Crippen LogP contribution in [0.1, 0.15) is 12.5 Å². The van der Waals surface area contributed by atoms with Crippen LogP contribution in [0, 0.1) is 0 Å². The number of methoxy groups -OCH3 is 1. The lowest BCUT2D eigenvalue weighted by Crippen LogP contribution is -2.22. The molecule has 82 valence electrons. The number of nitrogens with one attached hydrogen (secondary N) is 1. The second kappa shape index (κ2) is 6.03. The van der Waals surface area contributed by atoms with Gasteiger partial charge in [0.25, 0.3) is 0 Å². The van der Waals surface area contributed by atoms with Crippen molar-refractivity contribution < 1.29 is 4.74 Å². The number of guanidine groups is 1. The maximum Gasteiger partial charge on any atom is 0.193 e. The van der Waals surface area contributed by atoms with Crippen molar-refractivity contribution in [1.82, 2.24) is 0 Å². The molecule has 0 aliphatic rings. The van der Waals surface area contributed by atoms with Crippen molar-refractivity contribution in [1.29, 1.82) is 0 Å². The van der Waals surface area contributed by atoms with Crippen LogP contribution in [-0.4, -0.2) is 19.6 Å². The van der Waals surface area contributed by atoms with Gasteiger partial charge in [0.15, 0.2) is 5.96 Å². The molecule has 0 bridgehead atoms. The molecule has 1 aromatic rings. The Morgan fingerprint density at radius 2 is 2.33 bits per heavy atom. The number of hydrogen-bond donors (Lipinski definition) is 2. The summed E-state index contributed by atoms with van der Waals surface area (Å²) in [6.07, 6.45) is 0. The van der Waals surface area contributed by atoms with Crippen LogP contribution in [0.3, 0.4) is 0 Å². The summed E-state index contributed by atoms with van der Waals surface area (Å²) >= 11 is 0. The van der Waals surface area contributed by atoms with Gasteiger partial charge in [0.2, 0.25) is 0 Å². The molecule has 1 aromatic carbocycles. The maximum absolute atomic E-state index is 5.65. The quantitative estimate of drug-likeness (QED) is 0.582. The van der Waals surface area contributed by atoms with Gasteiger partial charge in [-0.3, -0.25) is 4.99 Å². The van der Waals surface area contributed by atoms with E-state index in [-0.39, 0.29) is 0 Å². The number of benzene rings is 1. The predicted molar refractivity (Wildman–Crippen MR) is 62.9 cm³/mol. The molecule has 15 heavy (non-hydrogen) atoms. The molecule has 0 radical (unpaired) electrons. The SMILES string of the molecule is CCN=C(N)Nc1cccc(COC)c1. The van der Waals surface area contributed by atoms with Crippen molar-refractivity contribution >= 4 is 11.6 Å². The third-order valence-electron chi connectivity index (χ3n) is 1.84. The molecule has 3 N–H and O–H groups in total. The van der Waals surface area contributed by atoms with Gasteiger partial charge < -0.3 is 15.8 Å². The smallest absolute Gasteiger partial charge is 0.193 e. The zero-order valence-electron chi connectivity index (χ0n) is 9.16. The Morgan fingerprint density at radius 1 is 1.53 bits per heavy atom. The van der Waals surface area contributed by atoms with E-state index in [1.807, 2.05) is 31.2 Å². The molecule has 0 aliphatic heterocycles. The van der Waals surface area contributed by atoms with Gasteiger partial charge in [0.05, 0.1) is 6.61 Å². The van der Waals surface area contributed by atoms with Crippen LogP contribution in [0.4, 0.5) is 5.69 Å². The number of nitrogens with zero attached hydrogens (tertiary/aromatic N) is 1. The lowest BCUT2D eigenvalue weighted by atomic mass is 10.2. The number of anilines is 1. The summed E-state index contributed by atoms with van der Waals surface area (Å²) in [5, 5.41) is 3.01. The minimum atomic E-state index is 0.437. The van der Waals surface area contributed by atoms with Crippen LogP contribution >= 0.6 is 0 Å². The molecule has 0 spiro atoms. The zero-order valence-corrected chi connectivity index (χ0v) is 9.16. The molecule has 0 unspecified atom stereocenters. The first-order valence-electron chi connectivity index (χ1n) is 4.91. The first-order valence-corrected chi connectivity index (χ1v) is 4.91. The van der Waals surface area contributed by atoms with Gasteiger partial charge >= 0.3 is 0 Å². The number of ether oxygens (including phenoxy) is 1. The van der Waals surface area contributed by atoms with Crippen LogP contribution in [0.25, 0.3) is 0 Å². The highest BCUT2D eigenvalue weighted by Gasteiger charge is 1.96. The highest BCUT2D eigenvalue weighted by Crippen LogP contribution is 2.10. The highest BCUT2D eigenvalue weighted by molar-refractivity contribution is 5.92. The Kier molecular flexibility index (Phi) is 4.63. The van der Waals surface area contributed by atoms with Crippen LogP contribution in [-0.2, 0) is 11.3 Å². The molecule has 4 heteroatoms. The van der Waals surface area contributed by atoms with E-state index in [1.54, 1.807) is 7.11 Å². The summed E-state index contributed by atoms with van der Waals surface area (Å²) < 4.78 is 5.05. The summed E-state index contributed by atoms with van der Waals surface area (Å²) in [6.45, 7) is 3.22. The van der Waals surface area contributed by atoms with Crippen LogP contribution in [0.5, 0.6) is 0 Å². The van der Waals surface area contributed by atoms with Crippen LogP contribution < -0.4 is 11.1 Å². The van der Waals surface area contributed by atoms with E-state index in [9.17, 15) is 0 Å². The van der Waals surface area contributed by atoms with Crippen LogP contribution in [0.15, 0.2) is 29.3 Å². The maximum atomic E-state index is 5.65. The Balaban J connectivity index is 2.69. The predicted octanol–water partition coefficient (Wildman–Crippen LogP) is 1.58. The van der Waals surface area contributed by atoms with Crippen molar-refractivity contribution in [3.05, 3.63) is 29.8 Å². The molecule has 0 heterocycles. The Labute approximate surface area is 90.2 Å². The fourth-order valence-corrected chi connectivity index (χ4v) is 1.26.